The highest BCUT2D eigenvalue weighted by atomic mass is 79.9. The first-order valence-corrected chi connectivity index (χ1v) is 6.47. The molecule has 4 nitrogen and oxygen atoms in total. The Balaban J connectivity index is 2.40. The van der Waals surface area contributed by atoms with Crippen LogP contribution in [0.4, 0.5) is 13.2 Å². The molecule has 2 aromatic rings. The van der Waals surface area contributed by atoms with Gasteiger partial charge >= 0.3 is 12.1 Å². The largest absolute Gasteiger partial charge is 0.478 e. The third-order valence-electron chi connectivity index (χ3n) is 2.59. The quantitative estimate of drug-likeness (QED) is 0.908. The Hall–Kier alpha value is -1.96. The molecule has 2 rings (SSSR count). The first-order chi connectivity index (χ1) is 9.77. The SMILES string of the molecule is O=C(O)c1cnc(Cc2cccc(Br)c2)nc1C(F)(F)F. The smallest absolute Gasteiger partial charge is 0.434 e. The van der Waals surface area contributed by atoms with E-state index in [0.29, 0.717) is 11.8 Å². The van der Waals surface area contributed by atoms with Crippen LogP contribution in [0.25, 0.3) is 0 Å². The molecule has 1 heterocycles. The normalized spacial score (nSPS) is 11.4. The fourth-order valence-corrected chi connectivity index (χ4v) is 2.15. The molecule has 21 heavy (non-hydrogen) atoms. The molecule has 1 N–H and O–H groups in total. The highest BCUT2D eigenvalue weighted by molar-refractivity contribution is 9.10. The number of benzene rings is 1. The van der Waals surface area contributed by atoms with E-state index in [4.69, 9.17) is 5.11 Å². The van der Waals surface area contributed by atoms with Gasteiger partial charge in [-0.05, 0) is 17.7 Å². The summed E-state index contributed by atoms with van der Waals surface area (Å²) in [4.78, 5) is 17.8. The van der Waals surface area contributed by atoms with E-state index in [9.17, 15) is 18.0 Å². The predicted octanol–water partition coefficient (Wildman–Crippen LogP) is 3.55. The van der Waals surface area contributed by atoms with Crippen LogP contribution in [-0.4, -0.2) is 21.0 Å². The number of alkyl halides is 3. The number of hydrogen-bond donors (Lipinski definition) is 1. The fraction of sp³-hybridized carbons (Fsp3) is 0.154. The van der Waals surface area contributed by atoms with Gasteiger partial charge in [-0.1, -0.05) is 28.1 Å². The van der Waals surface area contributed by atoms with Crippen LogP contribution in [0.1, 0.15) is 27.4 Å². The zero-order valence-corrected chi connectivity index (χ0v) is 11.9. The van der Waals surface area contributed by atoms with Crippen LogP contribution in [0.5, 0.6) is 0 Å². The van der Waals surface area contributed by atoms with Crippen molar-refractivity contribution in [3.63, 3.8) is 0 Å². The Bertz CT molecular complexity index is 689. The van der Waals surface area contributed by atoms with Gasteiger partial charge in [0, 0.05) is 17.1 Å². The maximum Gasteiger partial charge on any atom is 0.434 e. The Kier molecular flexibility index (Phi) is 4.26. The number of carboxylic acids is 1. The van der Waals surface area contributed by atoms with E-state index in [1.54, 1.807) is 24.3 Å². The molecule has 0 aliphatic rings. The summed E-state index contributed by atoms with van der Waals surface area (Å²) in [6, 6.07) is 6.95. The summed E-state index contributed by atoms with van der Waals surface area (Å²) >= 11 is 3.25. The lowest BCUT2D eigenvalue weighted by Crippen LogP contribution is -2.17. The van der Waals surface area contributed by atoms with Gasteiger partial charge < -0.3 is 5.11 Å². The minimum absolute atomic E-state index is 0.0718. The van der Waals surface area contributed by atoms with Crippen molar-refractivity contribution in [3.8, 4) is 0 Å². The third-order valence-corrected chi connectivity index (χ3v) is 3.08. The Morgan fingerprint density at radius 2 is 2.05 bits per heavy atom. The summed E-state index contributed by atoms with van der Waals surface area (Å²) in [6.45, 7) is 0. The summed E-state index contributed by atoms with van der Waals surface area (Å²) in [5.74, 6) is -1.80. The molecular weight excluding hydrogens is 353 g/mol. The third kappa shape index (κ3) is 3.78. The van der Waals surface area contributed by atoms with Crippen LogP contribution < -0.4 is 0 Å². The highest BCUT2D eigenvalue weighted by Gasteiger charge is 2.38. The van der Waals surface area contributed by atoms with Gasteiger partial charge in [0.2, 0.25) is 0 Å². The standard InChI is InChI=1S/C13H8BrF3N2O2/c14-8-3-1-2-7(4-8)5-10-18-6-9(12(20)21)11(19-10)13(15,16)17/h1-4,6H,5H2,(H,20,21). The molecule has 0 fully saturated rings. The summed E-state index contributed by atoms with van der Waals surface area (Å²) < 4.78 is 39.3. The molecular formula is C13H8BrF3N2O2. The highest BCUT2D eigenvalue weighted by Crippen LogP contribution is 2.30. The van der Waals surface area contributed by atoms with Crippen LogP contribution in [0, 0.1) is 0 Å². The van der Waals surface area contributed by atoms with Gasteiger partial charge in [0.25, 0.3) is 0 Å². The number of halogens is 4. The van der Waals surface area contributed by atoms with Gasteiger partial charge in [-0.15, -0.1) is 0 Å². The van der Waals surface area contributed by atoms with Crippen LogP contribution in [-0.2, 0) is 12.6 Å². The molecule has 0 bridgehead atoms. The number of carbonyl (C=O) groups is 1. The number of rotatable bonds is 3. The van der Waals surface area contributed by atoms with E-state index < -0.39 is 23.4 Å². The maximum absolute atomic E-state index is 12.8. The molecule has 0 aliphatic carbocycles. The van der Waals surface area contributed by atoms with E-state index in [1.807, 2.05) is 0 Å². The number of aromatic nitrogens is 2. The lowest BCUT2D eigenvalue weighted by atomic mass is 10.1. The van der Waals surface area contributed by atoms with Crippen molar-refractivity contribution in [3.05, 3.63) is 57.6 Å². The second-order valence-electron chi connectivity index (χ2n) is 4.16. The van der Waals surface area contributed by atoms with E-state index in [-0.39, 0.29) is 12.2 Å². The van der Waals surface area contributed by atoms with E-state index in [0.717, 1.165) is 4.47 Å². The van der Waals surface area contributed by atoms with Gasteiger partial charge in [-0.3, -0.25) is 0 Å². The molecule has 0 unspecified atom stereocenters. The molecule has 0 radical (unpaired) electrons. The van der Waals surface area contributed by atoms with Gasteiger partial charge in [0.15, 0.2) is 5.69 Å². The van der Waals surface area contributed by atoms with Crippen LogP contribution >= 0.6 is 15.9 Å². The minimum Gasteiger partial charge on any atom is -0.478 e. The van der Waals surface area contributed by atoms with Crippen molar-refractivity contribution < 1.29 is 23.1 Å². The van der Waals surface area contributed by atoms with Crippen LogP contribution in [0.15, 0.2) is 34.9 Å². The van der Waals surface area contributed by atoms with Crippen LogP contribution in [0.3, 0.4) is 0 Å². The molecule has 1 aromatic carbocycles. The van der Waals surface area contributed by atoms with Gasteiger partial charge in [0.1, 0.15) is 11.4 Å². The topological polar surface area (TPSA) is 63.1 Å². The first kappa shape index (κ1) is 15.4. The molecule has 1 aromatic heterocycles. The van der Waals surface area contributed by atoms with Crippen molar-refractivity contribution in [1.82, 2.24) is 9.97 Å². The van der Waals surface area contributed by atoms with Gasteiger partial charge in [-0.2, -0.15) is 13.2 Å². The molecule has 0 atom stereocenters. The molecule has 0 amide bonds. The van der Waals surface area contributed by atoms with Crippen LogP contribution in [0.2, 0.25) is 0 Å². The second-order valence-corrected chi connectivity index (χ2v) is 5.07. The number of aromatic carboxylic acids is 1. The minimum atomic E-state index is -4.84. The fourth-order valence-electron chi connectivity index (χ4n) is 1.71. The van der Waals surface area contributed by atoms with Crippen molar-refractivity contribution in [2.45, 2.75) is 12.6 Å². The second kappa shape index (κ2) is 5.80. The lowest BCUT2D eigenvalue weighted by Gasteiger charge is -2.10. The van der Waals surface area contributed by atoms with Crippen molar-refractivity contribution in [2.24, 2.45) is 0 Å². The molecule has 8 heteroatoms. The Labute approximate surface area is 125 Å². The lowest BCUT2D eigenvalue weighted by molar-refractivity contribution is -0.141. The van der Waals surface area contributed by atoms with E-state index in [1.165, 1.54) is 0 Å². The number of hydrogen-bond acceptors (Lipinski definition) is 3. The number of nitrogens with zero attached hydrogens (tertiary/aromatic N) is 2. The predicted molar refractivity (Wildman–Crippen MR) is 70.9 cm³/mol. The monoisotopic (exact) mass is 360 g/mol. The summed E-state index contributed by atoms with van der Waals surface area (Å²) in [7, 11) is 0. The van der Waals surface area contributed by atoms with Gasteiger partial charge in [0.05, 0.1) is 0 Å². The molecule has 0 spiro atoms. The Morgan fingerprint density at radius 1 is 1.33 bits per heavy atom. The van der Waals surface area contributed by atoms with Crippen molar-refractivity contribution in [2.75, 3.05) is 0 Å². The average molecular weight is 361 g/mol. The molecule has 0 saturated carbocycles. The zero-order valence-electron chi connectivity index (χ0n) is 10.4. The van der Waals surface area contributed by atoms with Crippen molar-refractivity contribution in [1.29, 1.82) is 0 Å². The zero-order chi connectivity index (χ0) is 15.6. The van der Waals surface area contributed by atoms with Crippen molar-refractivity contribution >= 4 is 21.9 Å². The molecule has 110 valence electrons. The molecule has 0 saturated heterocycles. The summed E-state index contributed by atoms with van der Waals surface area (Å²) in [5.41, 5.74) is -1.68. The van der Waals surface area contributed by atoms with E-state index >= 15 is 0 Å². The van der Waals surface area contributed by atoms with E-state index in [2.05, 4.69) is 25.9 Å². The average Bonchev–Trinajstić information content (AvgIpc) is 2.37. The molecule has 0 aliphatic heterocycles. The Morgan fingerprint density at radius 3 is 2.62 bits per heavy atom. The summed E-state index contributed by atoms with van der Waals surface area (Å²) in [5, 5.41) is 8.76. The van der Waals surface area contributed by atoms with Gasteiger partial charge in [-0.25, -0.2) is 14.8 Å². The maximum atomic E-state index is 12.8. The number of carboxylic acid groups (broad SMARTS) is 1. The first-order valence-electron chi connectivity index (χ1n) is 5.68. The summed E-state index contributed by atoms with van der Waals surface area (Å²) in [6.07, 6.45) is -4.09.